The molecule has 0 bridgehead atoms. The molecular formula is C12H15N3O4S2. The highest BCUT2D eigenvalue weighted by Crippen LogP contribution is 2.37. The summed E-state index contributed by atoms with van der Waals surface area (Å²) < 4.78 is 35.1. The van der Waals surface area contributed by atoms with Gasteiger partial charge >= 0.3 is 5.97 Å². The molecule has 7 nitrogen and oxygen atoms in total. The van der Waals surface area contributed by atoms with Crippen LogP contribution in [-0.4, -0.2) is 26.0 Å². The van der Waals surface area contributed by atoms with E-state index in [0.29, 0.717) is 17.8 Å². The van der Waals surface area contributed by atoms with Crippen molar-refractivity contribution in [1.82, 2.24) is 4.72 Å². The van der Waals surface area contributed by atoms with Crippen molar-refractivity contribution in [2.45, 2.75) is 24.7 Å². The third-order valence-corrected chi connectivity index (χ3v) is 5.01. The van der Waals surface area contributed by atoms with Crippen molar-refractivity contribution < 1.29 is 18.3 Å². The molecule has 1 heterocycles. The molecule has 1 aliphatic rings. The lowest BCUT2D eigenvalue weighted by atomic mass is 10.1. The van der Waals surface area contributed by atoms with Crippen molar-refractivity contribution in [3.63, 3.8) is 0 Å². The Morgan fingerprint density at radius 1 is 1.43 bits per heavy atom. The molecule has 0 saturated heterocycles. The van der Waals surface area contributed by atoms with Crippen LogP contribution < -0.4 is 4.72 Å². The molecule has 9 heteroatoms. The normalized spacial score (nSPS) is 14.5. The van der Waals surface area contributed by atoms with Gasteiger partial charge in [0.2, 0.25) is 10.0 Å². The number of nitrogens with one attached hydrogen (secondary N) is 1. The molecule has 21 heavy (non-hydrogen) atoms. The Labute approximate surface area is 126 Å². The summed E-state index contributed by atoms with van der Waals surface area (Å²) in [6.45, 7) is 1.99. The van der Waals surface area contributed by atoms with Gasteiger partial charge in [-0.3, -0.25) is 4.79 Å². The lowest BCUT2D eigenvalue weighted by Crippen LogP contribution is -2.28. The molecule has 2 N–H and O–H groups in total. The van der Waals surface area contributed by atoms with Gasteiger partial charge in [-0.25, -0.2) is 13.1 Å². The molecule has 114 valence electrons. The van der Waals surface area contributed by atoms with E-state index >= 15 is 0 Å². The van der Waals surface area contributed by atoms with Crippen LogP contribution in [0, 0.1) is 5.92 Å². The average Bonchev–Trinajstić information content (AvgIpc) is 2.91. The number of fused-ring (bicyclic) bond motifs is 1. The summed E-state index contributed by atoms with van der Waals surface area (Å²) in [5.41, 5.74) is 0.898. The van der Waals surface area contributed by atoms with Gasteiger partial charge in [0.05, 0.1) is 11.4 Å². The number of carboxylic acids is 1. The third-order valence-electron chi connectivity index (χ3n) is 3.01. The Kier molecular flexibility index (Phi) is 4.86. The Bertz CT molecular complexity index is 724. The maximum Gasteiger partial charge on any atom is 0.303 e. The zero-order valence-electron chi connectivity index (χ0n) is 11.3. The average molecular weight is 329 g/mol. The van der Waals surface area contributed by atoms with Gasteiger partial charge in [0.25, 0.3) is 0 Å². The number of hydrogen-bond donors (Lipinski definition) is 2. The SMILES string of the molecule is CC(CCC(=O)O)CNS(=O)(=O)c1cccc2c1N=S=N2. The van der Waals surface area contributed by atoms with Gasteiger partial charge in [0, 0.05) is 13.0 Å². The van der Waals surface area contributed by atoms with Crippen molar-refractivity contribution in [2.75, 3.05) is 6.54 Å². The minimum atomic E-state index is -3.68. The number of sulfonamides is 1. The van der Waals surface area contributed by atoms with Gasteiger partial charge in [-0.2, -0.15) is 8.73 Å². The minimum Gasteiger partial charge on any atom is -0.481 e. The fourth-order valence-electron chi connectivity index (χ4n) is 1.80. The summed E-state index contributed by atoms with van der Waals surface area (Å²) in [6, 6.07) is 4.80. The molecule has 0 fully saturated rings. The van der Waals surface area contributed by atoms with Gasteiger partial charge in [-0.05, 0) is 24.5 Å². The number of hydrogen-bond acceptors (Lipinski definition) is 5. The first-order chi connectivity index (χ1) is 9.90. The van der Waals surface area contributed by atoms with Crippen LogP contribution >= 0.6 is 0 Å². The lowest BCUT2D eigenvalue weighted by Gasteiger charge is -2.13. The van der Waals surface area contributed by atoms with Gasteiger partial charge in [0.1, 0.15) is 16.3 Å². The fourth-order valence-corrected chi connectivity index (χ4v) is 3.73. The zero-order valence-corrected chi connectivity index (χ0v) is 12.9. The van der Waals surface area contributed by atoms with Crippen LogP contribution in [0.5, 0.6) is 0 Å². The fraction of sp³-hybridized carbons (Fsp3) is 0.417. The van der Waals surface area contributed by atoms with Crippen LogP contribution in [0.3, 0.4) is 0 Å². The number of aliphatic carboxylic acids is 1. The first-order valence-electron chi connectivity index (χ1n) is 6.33. The quantitative estimate of drug-likeness (QED) is 0.811. The first kappa shape index (κ1) is 15.8. The molecule has 0 aliphatic carbocycles. The maximum atomic E-state index is 12.3. The van der Waals surface area contributed by atoms with Crippen LogP contribution in [0.4, 0.5) is 11.4 Å². The van der Waals surface area contributed by atoms with Crippen LogP contribution in [0.1, 0.15) is 19.8 Å². The number of benzene rings is 1. The molecule has 0 amide bonds. The van der Waals surface area contributed by atoms with Gasteiger partial charge in [-0.1, -0.05) is 13.0 Å². The Morgan fingerprint density at radius 2 is 2.19 bits per heavy atom. The van der Waals surface area contributed by atoms with Crippen molar-refractivity contribution in [3.8, 4) is 0 Å². The number of carboxylic acid groups (broad SMARTS) is 1. The van der Waals surface area contributed by atoms with E-state index in [-0.39, 0.29) is 23.8 Å². The van der Waals surface area contributed by atoms with E-state index in [1.165, 1.54) is 6.07 Å². The highest BCUT2D eigenvalue weighted by Gasteiger charge is 2.22. The number of carbonyl (C=O) groups is 1. The Balaban J connectivity index is 2.05. The highest BCUT2D eigenvalue weighted by molar-refractivity contribution is 7.89. The summed E-state index contributed by atoms with van der Waals surface area (Å²) in [5.74, 6) is -0.952. The molecule has 1 aliphatic heterocycles. The van der Waals surface area contributed by atoms with Crippen LogP contribution in [-0.2, 0) is 26.2 Å². The smallest absolute Gasteiger partial charge is 0.303 e. The molecule has 1 unspecified atom stereocenters. The first-order valence-corrected chi connectivity index (χ1v) is 8.54. The highest BCUT2D eigenvalue weighted by atomic mass is 32.2. The molecule has 0 spiro atoms. The number of rotatable bonds is 7. The minimum absolute atomic E-state index is 0.0223. The lowest BCUT2D eigenvalue weighted by molar-refractivity contribution is -0.137. The summed E-state index contributed by atoms with van der Waals surface area (Å²) in [7, 11) is -3.68. The third kappa shape index (κ3) is 3.96. The molecule has 2 rings (SSSR count). The van der Waals surface area contributed by atoms with Crippen molar-refractivity contribution >= 4 is 38.7 Å². The molecule has 1 aromatic rings. The molecule has 1 atom stereocenters. The van der Waals surface area contributed by atoms with Crippen LogP contribution in [0.15, 0.2) is 31.8 Å². The second kappa shape index (κ2) is 6.46. The standard InChI is InChI=1S/C12H15N3O4S2/c1-8(5-6-11(16)17)7-13-21(18,19)10-4-2-3-9-12(10)15-20-14-9/h2-4,8,13H,5-7H2,1H3,(H,16,17). The van der Waals surface area contributed by atoms with E-state index in [0.717, 1.165) is 11.4 Å². The predicted molar refractivity (Wildman–Crippen MR) is 79.2 cm³/mol. The van der Waals surface area contributed by atoms with Crippen LogP contribution in [0.25, 0.3) is 0 Å². The molecular weight excluding hydrogens is 314 g/mol. The number of nitrogens with zero attached hydrogens (tertiary/aromatic N) is 2. The summed E-state index contributed by atoms with van der Waals surface area (Å²) in [6.07, 6.45) is 0.439. The van der Waals surface area contributed by atoms with E-state index in [2.05, 4.69) is 13.4 Å². The Hall–Kier alpha value is -1.58. The maximum absolute atomic E-state index is 12.3. The molecule has 0 saturated carbocycles. The largest absolute Gasteiger partial charge is 0.481 e. The summed E-state index contributed by atoms with van der Waals surface area (Å²) in [5, 5.41) is 8.61. The summed E-state index contributed by atoms with van der Waals surface area (Å²) >= 11 is 0.961. The summed E-state index contributed by atoms with van der Waals surface area (Å²) in [4.78, 5) is 10.6. The van der Waals surface area contributed by atoms with E-state index in [1.807, 2.05) is 0 Å². The van der Waals surface area contributed by atoms with Crippen molar-refractivity contribution in [1.29, 1.82) is 0 Å². The molecule has 0 radical (unpaired) electrons. The van der Waals surface area contributed by atoms with Gasteiger partial charge < -0.3 is 5.11 Å². The van der Waals surface area contributed by atoms with Crippen LogP contribution in [0.2, 0.25) is 0 Å². The topological polar surface area (TPSA) is 108 Å². The second-order valence-electron chi connectivity index (χ2n) is 4.78. The zero-order chi connectivity index (χ0) is 15.5. The van der Waals surface area contributed by atoms with Gasteiger partial charge in [0.15, 0.2) is 0 Å². The monoisotopic (exact) mass is 329 g/mol. The molecule has 1 aromatic carbocycles. The molecule has 0 aromatic heterocycles. The van der Waals surface area contributed by atoms with E-state index < -0.39 is 16.0 Å². The van der Waals surface area contributed by atoms with Crippen molar-refractivity contribution in [2.24, 2.45) is 14.6 Å². The van der Waals surface area contributed by atoms with E-state index in [4.69, 9.17) is 5.11 Å². The predicted octanol–water partition coefficient (Wildman–Crippen LogP) is 2.19. The van der Waals surface area contributed by atoms with E-state index in [1.54, 1.807) is 19.1 Å². The second-order valence-corrected chi connectivity index (χ2v) is 7.04. The van der Waals surface area contributed by atoms with E-state index in [9.17, 15) is 13.2 Å². The van der Waals surface area contributed by atoms with Crippen molar-refractivity contribution in [3.05, 3.63) is 18.2 Å². The Morgan fingerprint density at radius 3 is 2.90 bits per heavy atom. The van der Waals surface area contributed by atoms with Gasteiger partial charge in [-0.15, -0.1) is 0 Å².